The molecule has 0 aliphatic rings. The average molecular weight is 296 g/mol. The van der Waals surface area contributed by atoms with Gasteiger partial charge in [-0.1, -0.05) is 12.1 Å². The van der Waals surface area contributed by atoms with Crippen LogP contribution in [0.3, 0.4) is 0 Å². The van der Waals surface area contributed by atoms with Crippen LogP contribution in [0, 0.1) is 12.7 Å². The number of rotatable bonds is 2. The zero-order valence-electron chi connectivity index (χ0n) is 9.19. The molecule has 0 aliphatic heterocycles. The molecule has 0 radical (unpaired) electrons. The Morgan fingerprint density at radius 3 is 2.65 bits per heavy atom. The number of aliphatic hydroxyl groups excluding tert-OH is 1. The molecule has 88 valence electrons. The van der Waals surface area contributed by atoms with Gasteiger partial charge in [0.05, 0.1) is 0 Å². The molecular formula is C13H11BrFNO. The van der Waals surface area contributed by atoms with Crippen LogP contribution in [-0.4, -0.2) is 10.1 Å². The Morgan fingerprint density at radius 1 is 1.24 bits per heavy atom. The Balaban J connectivity index is 2.36. The smallest absolute Gasteiger partial charge is 0.126 e. The first kappa shape index (κ1) is 12.2. The fraction of sp³-hybridized carbons (Fsp3) is 0.154. The van der Waals surface area contributed by atoms with Crippen LogP contribution >= 0.6 is 15.9 Å². The van der Waals surface area contributed by atoms with Crippen molar-refractivity contribution in [2.45, 2.75) is 13.0 Å². The highest BCUT2D eigenvalue weighted by atomic mass is 79.9. The minimum atomic E-state index is -0.792. The minimum absolute atomic E-state index is 0.270. The molecule has 0 aliphatic carbocycles. The summed E-state index contributed by atoms with van der Waals surface area (Å²) in [6, 6.07) is 6.37. The van der Waals surface area contributed by atoms with Crippen molar-refractivity contribution in [1.29, 1.82) is 0 Å². The SMILES string of the molecule is Cc1cc(C(O)c2cncc(Br)c2)ccc1F. The number of aliphatic hydroxyl groups is 1. The Kier molecular flexibility index (Phi) is 3.54. The molecule has 0 spiro atoms. The summed E-state index contributed by atoms with van der Waals surface area (Å²) in [5.41, 5.74) is 1.85. The maximum atomic E-state index is 13.1. The van der Waals surface area contributed by atoms with Crippen molar-refractivity contribution < 1.29 is 9.50 Å². The van der Waals surface area contributed by atoms with Gasteiger partial charge in [-0.3, -0.25) is 4.98 Å². The fourth-order valence-corrected chi connectivity index (χ4v) is 1.99. The van der Waals surface area contributed by atoms with Crippen molar-refractivity contribution in [2.75, 3.05) is 0 Å². The van der Waals surface area contributed by atoms with Crippen molar-refractivity contribution in [2.24, 2.45) is 0 Å². The van der Waals surface area contributed by atoms with Crippen LogP contribution in [-0.2, 0) is 0 Å². The van der Waals surface area contributed by atoms with Crippen LogP contribution in [0.2, 0.25) is 0 Å². The second-order valence-corrected chi connectivity index (χ2v) is 4.76. The monoisotopic (exact) mass is 295 g/mol. The van der Waals surface area contributed by atoms with Gasteiger partial charge in [0.15, 0.2) is 0 Å². The average Bonchev–Trinajstić information content (AvgIpc) is 2.32. The molecule has 1 aromatic heterocycles. The molecule has 0 saturated carbocycles. The standard InChI is InChI=1S/C13H11BrFNO/c1-8-4-9(2-3-12(8)15)13(17)10-5-11(14)7-16-6-10/h2-7,13,17H,1H3. The molecule has 1 N–H and O–H groups in total. The highest BCUT2D eigenvalue weighted by Gasteiger charge is 2.12. The van der Waals surface area contributed by atoms with Crippen LogP contribution in [0.25, 0.3) is 0 Å². The Morgan fingerprint density at radius 2 is 2.00 bits per heavy atom. The number of nitrogens with zero attached hydrogens (tertiary/aromatic N) is 1. The van der Waals surface area contributed by atoms with Crippen LogP contribution < -0.4 is 0 Å². The van der Waals surface area contributed by atoms with Crippen LogP contribution in [0.1, 0.15) is 22.8 Å². The molecule has 1 aromatic carbocycles. The van der Waals surface area contributed by atoms with E-state index in [1.165, 1.54) is 6.07 Å². The summed E-state index contributed by atoms with van der Waals surface area (Å²) in [6.45, 7) is 1.67. The number of hydrogen-bond acceptors (Lipinski definition) is 2. The number of aryl methyl sites for hydroxylation is 1. The minimum Gasteiger partial charge on any atom is -0.384 e. The van der Waals surface area contributed by atoms with Crippen molar-refractivity contribution in [3.05, 3.63) is 63.6 Å². The van der Waals surface area contributed by atoms with Gasteiger partial charge in [0.1, 0.15) is 11.9 Å². The predicted molar refractivity (Wildman–Crippen MR) is 67.1 cm³/mol. The van der Waals surface area contributed by atoms with Crippen molar-refractivity contribution >= 4 is 15.9 Å². The van der Waals surface area contributed by atoms with Gasteiger partial charge in [0.2, 0.25) is 0 Å². The molecule has 1 heterocycles. The second-order valence-electron chi connectivity index (χ2n) is 3.85. The first-order valence-electron chi connectivity index (χ1n) is 5.12. The molecule has 2 nitrogen and oxygen atoms in total. The van der Waals surface area contributed by atoms with Crippen LogP contribution in [0.4, 0.5) is 4.39 Å². The first-order chi connectivity index (χ1) is 8.08. The molecule has 0 saturated heterocycles. The van der Waals surface area contributed by atoms with Gasteiger partial charge >= 0.3 is 0 Å². The molecular weight excluding hydrogens is 285 g/mol. The van der Waals surface area contributed by atoms with Crippen molar-refractivity contribution in [3.8, 4) is 0 Å². The Hall–Kier alpha value is -1.26. The number of pyridine rings is 1. The lowest BCUT2D eigenvalue weighted by Gasteiger charge is -2.12. The van der Waals surface area contributed by atoms with E-state index in [-0.39, 0.29) is 5.82 Å². The van der Waals surface area contributed by atoms with Crippen molar-refractivity contribution in [1.82, 2.24) is 4.98 Å². The van der Waals surface area contributed by atoms with Crippen LogP contribution in [0.5, 0.6) is 0 Å². The zero-order chi connectivity index (χ0) is 12.4. The third-order valence-electron chi connectivity index (χ3n) is 2.54. The summed E-state index contributed by atoms with van der Waals surface area (Å²) in [6.07, 6.45) is 2.44. The molecule has 1 atom stereocenters. The summed E-state index contributed by atoms with van der Waals surface area (Å²) in [5.74, 6) is -0.270. The maximum absolute atomic E-state index is 13.1. The molecule has 0 fully saturated rings. The van der Waals surface area contributed by atoms with E-state index in [1.54, 1.807) is 37.5 Å². The number of aromatic nitrogens is 1. The third-order valence-corrected chi connectivity index (χ3v) is 2.97. The summed E-state index contributed by atoms with van der Waals surface area (Å²) >= 11 is 3.30. The lowest BCUT2D eigenvalue weighted by atomic mass is 10.0. The van der Waals surface area contributed by atoms with Crippen molar-refractivity contribution in [3.63, 3.8) is 0 Å². The third kappa shape index (κ3) is 2.70. The summed E-state index contributed by atoms with van der Waals surface area (Å²) < 4.78 is 13.9. The zero-order valence-corrected chi connectivity index (χ0v) is 10.8. The highest BCUT2D eigenvalue weighted by Crippen LogP contribution is 2.24. The highest BCUT2D eigenvalue weighted by molar-refractivity contribution is 9.10. The van der Waals surface area contributed by atoms with Gasteiger partial charge < -0.3 is 5.11 Å². The lowest BCUT2D eigenvalue weighted by Crippen LogP contribution is -2.01. The molecule has 1 unspecified atom stereocenters. The predicted octanol–water partition coefficient (Wildman–Crippen LogP) is 3.37. The normalized spacial score (nSPS) is 12.5. The quantitative estimate of drug-likeness (QED) is 0.921. The molecule has 0 bridgehead atoms. The molecule has 17 heavy (non-hydrogen) atoms. The van der Waals surface area contributed by atoms with E-state index in [0.29, 0.717) is 16.7 Å². The second kappa shape index (κ2) is 4.94. The lowest BCUT2D eigenvalue weighted by molar-refractivity contribution is 0.219. The van der Waals surface area contributed by atoms with E-state index in [9.17, 15) is 9.50 Å². The molecule has 2 aromatic rings. The van der Waals surface area contributed by atoms with Gasteiger partial charge in [0.25, 0.3) is 0 Å². The van der Waals surface area contributed by atoms with E-state index in [2.05, 4.69) is 20.9 Å². The van der Waals surface area contributed by atoms with Gasteiger partial charge in [0, 0.05) is 22.4 Å². The van der Waals surface area contributed by atoms with E-state index >= 15 is 0 Å². The summed E-state index contributed by atoms with van der Waals surface area (Å²) in [5, 5.41) is 10.1. The molecule has 4 heteroatoms. The van der Waals surface area contributed by atoms with E-state index in [1.807, 2.05) is 0 Å². The van der Waals surface area contributed by atoms with Gasteiger partial charge in [-0.05, 0) is 46.1 Å². The molecule has 0 amide bonds. The van der Waals surface area contributed by atoms with E-state index in [0.717, 1.165) is 4.47 Å². The van der Waals surface area contributed by atoms with Crippen LogP contribution in [0.15, 0.2) is 41.1 Å². The summed E-state index contributed by atoms with van der Waals surface area (Å²) in [4.78, 5) is 3.99. The topological polar surface area (TPSA) is 33.1 Å². The first-order valence-corrected chi connectivity index (χ1v) is 5.92. The summed E-state index contributed by atoms with van der Waals surface area (Å²) in [7, 11) is 0. The number of halogens is 2. The number of hydrogen-bond donors (Lipinski definition) is 1. The van der Waals surface area contributed by atoms with E-state index in [4.69, 9.17) is 0 Å². The van der Waals surface area contributed by atoms with Gasteiger partial charge in [-0.25, -0.2) is 4.39 Å². The largest absolute Gasteiger partial charge is 0.384 e. The molecule has 2 rings (SSSR count). The Labute approximate surface area is 107 Å². The van der Waals surface area contributed by atoms with Gasteiger partial charge in [-0.2, -0.15) is 0 Å². The Bertz CT molecular complexity index is 545. The maximum Gasteiger partial charge on any atom is 0.126 e. The fourth-order valence-electron chi connectivity index (χ4n) is 1.61. The number of benzene rings is 1. The van der Waals surface area contributed by atoms with Gasteiger partial charge in [-0.15, -0.1) is 0 Å². The van der Waals surface area contributed by atoms with E-state index < -0.39 is 6.10 Å².